The van der Waals surface area contributed by atoms with Gasteiger partial charge in [0.2, 0.25) is 0 Å². The Labute approximate surface area is 194 Å². The summed E-state index contributed by atoms with van der Waals surface area (Å²) in [7, 11) is 0. The fourth-order valence-corrected chi connectivity index (χ4v) is 6.05. The maximum absolute atomic E-state index is 3.71. The number of hydrogen-bond acceptors (Lipinski definition) is 0. The second kappa shape index (κ2) is 6.14. The van der Waals surface area contributed by atoms with Gasteiger partial charge in [0.1, 0.15) is 0 Å². The topological polar surface area (TPSA) is 9.86 Å². The van der Waals surface area contributed by atoms with Gasteiger partial charge in [0, 0.05) is 43.6 Å². The first-order valence-corrected chi connectivity index (χ1v) is 11.8. The van der Waals surface area contributed by atoms with Crippen LogP contribution in [0.1, 0.15) is 25.0 Å². The van der Waals surface area contributed by atoms with E-state index in [1.807, 2.05) is 0 Å². The Morgan fingerprint density at radius 3 is 2.31 bits per heavy atom. The molecule has 0 bridgehead atoms. The minimum absolute atomic E-state index is 0.0788. The van der Waals surface area contributed by atoms with Crippen molar-refractivity contribution in [1.29, 1.82) is 0 Å². The van der Waals surface area contributed by atoms with Gasteiger partial charge in [-0.05, 0) is 59.7 Å². The van der Waals surface area contributed by atoms with Crippen molar-refractivity contribution in [3.05, 3.63) is 107 Å². The highest BCUT2D eigenvalue weighted by Gasteiger charge is 2.35. The lowest BCUT2D eigenvalue weighted by atomic mass is 9.74. The number of halogens is 1. The molecule has 3 heteroatoms. The second-order valence-electron chi connectivity index (χ2n) is 9.24. The Morgan fingerprint density at radius 1 is 0.688 bits per heavy atom. The fraction of sp³-hybridized carbons (Fsp3) is 0.103. The van der Waals surface area contributed by atoms with E-state index in [9.17, 15) is 0 Å². The molecule has 2 nitrogen and oxygen atoms in total. The monoisotopic (exact) mass is 476 g/mol. The molecule has 7 rings (SSSR count). The van der Waals surface area contributed by atoms with E-state index in [0.29, 0.717) is 0 Å². The van der Waals surface area contributed by atoms with Crippen LogP contribution in [0.3, 0.4) is 0 Å². The molecule has 0 atom stereocenters. The number of nitrogens with zero attached hydrogens (tertiary/aromatic N) is 2. The molecule has 1 aliphatic heterocycles. The van der Waals surface area contributed by atoms with Crippen LogP contribution in [0.15, 0.2) is 95.6 Å². The van der Waals surface area contributed by atoms with Crippen LogP contribution in [0.2, 0.25) is 0 Å². The molecule has 0 saturated carbocycles. The normalized spacial score (nSPS) is 14.3. The third kappa shape index (κ3) is 2.19. The van der Waals surface area contributed by atoms with E-state index in [0.717, 1.165) is 4.47 Å². The van der Waals surface area contributed by atoms with E-state index in [4.69, 9.17) is 0 Å². The van der Waals surface area contributed by atoms with Crippen LogP contribution in [-0.2, 0) is 5.41 Å². The van der Waals surface area contributed by atoms with Crippen molar-refractivity contribution in [3.8, 4) is 11.4 Å². The fourth-order valence-electron chi connectivity index (χ4n) is 5.69. The zero-order chi connectivity index (χ0) is 21.6. The summed E-state index contributed by atoms with van der Waals surface area (Å²) in [6.07, 6.45) is 2.24. The third-order valence-corrected chi connectivity index (χ3v) is 7.67. The first-order chi connectivity index (χ1) is 15.6. The zero-order valence-electron chi connectivity index (χ0n) is 17.9. The molecule has 2 aromatic heterocycles. The van der Waals surface area contributed by atoms with Crippen molar-refractivity contribution >= 4 is 48.6 Å². The summed E-state index contributed by atoms with van der Waals surface area (Å²) >= 11 is 3.71. The van der Waals surface area contributed by atoms with Gasteiger partial charge in [-0.15, -0.1) is 0 Å². The summed E-state index contributed by atoms with van der Waals surface area (Å²) in [4.78, 5) is 0. The van der Waals surface area contributed by atoms with Crippen LogP contribution >= 0.6 is 15.9 Å². The zero-order valence-corrected chi connectivity index (χ0v) is 19.5. The first-order valence-electron chi connectivity index (χ1n) is 11.0. The van der Waals surface area contributed by atoms with Crippen LogP contribution in [0, 0.1) is 0 Å². The largest absolute Gasteiger partial charge is 0.316 e. The van der Waals surface area contributed by atoms with Crippen molar-refractivity contribution < 1.29 is 0 Å². The van der Waals surface area contributed by atoms with Crippen LogP contribution < -0.4 is 0 Å². The van der Waals surface area contributed by atoms with Crippen molar-refractivity contribution in [3.63, 3.8) is 0 Å². The molecule has 3 heterocycles. The summed E-state index contributed by atoms with van der Waals surface area (Å²) in [5.41, 5.74) is 8.98. The average Bonchev–Trinajstić information content (AvgIpc) is 3.38. The van der Waals surface area contributed by atoms with Gasteiger partial charge >= 0.3 is 0 Å². The highest BCUT2D eigenvalue weighted by atomic mass is 79.9. The Hall–Kier alpha value is -3.30. The van der Waals surface area contributed by atoms with Gasteiger partial charge in [0.15, 0.2) is 0 Å². The lowest BCUT2D eigenvalue weighted by molar-refractivity contribution is 0.629. The van der Waals surface area contributed by atoms with Crippen LogP contribution in [-0.4, -0.2) is 9.13 Å². The second-order valence-corrected chi connectivity index (χ2v) is 10.2. The molecular weight excluding hydrogens is 456 g/mol. The predicted molar refractivity (Wildman–Crippen MR) is 137 cm³/mol. The molecule has 0 unspecified atom stereocenters. The van der Waals surface area contributed by atoms with E-state index >= 15 is 0 Å². The summed E-state index contributed by atoms with van der Waals surface area (Å²) in [5, 5.41) is 3.88. The van der Waals surface area contributed by atoms with E-state index in [2.05, 4.69) is 130 Å². The van der Waals surface area contributed by atoms with Gasteiger partial charge in [0.25, 0.3) is 0 Å². The number of fused-ring (bicyclic) bond motifs is 6. The SMILES string of the molecule is CC1(C)c2ccccc2-n2ccc3c2c1cc1c2cc(Br)ccc2n(-c2ccccc2)c13. The maximum Gasteiger partial charge on any atom is 0.0635 e. The Bertz CT molecular complexity index is 1700. The quantitative estimate of drug-likeness (QED) is 0.226. The summed E-state index contributed by atoms with van der Waals surface area (Å²) in [6.45, 7) is 4.71. The molecular formula is C29H21BrN2. The molecule has 0 fully saturated rings. The molecule has 0 aliphatic carbocycles. The maximum atomic E-state index is 3.71. The minimum atomic E-state index is -0.0788. The molecule has 4 aromatic carbocycles. The highest BCUT2D eigenvalue weighted by Crippen LogP contribution is 2.48. The van der Waals surface area contributed by atoms with Crippen molar-refractivity contribution in [2.45, 2.75) is 19.3 Å². The number of para-hydroxylation sites is 2. The van der Waals surface area contributed by atoms with Gasteiger partial charge in [-0.3, -0.25) is 0 Å². The lowest BCUT2D eigenvalue weighted by Gasteiger charge is -2.34. The van der Waals surface area contributed by atoms with Gasteiger partial charge in [-0.1, -0.05) is 66.2 Å². The molecule has 0 spiro atoms. The average molecular weight is 477 g/mol. The van der Waals surface area contributed by atoms with E-state index in [-0.39, 0.29) is 5.41 Å². The summed E-state index contributed by atoms with van der Waals surface area (Å²) < 4.78 is 5.91. The van der Waals surface area contributed by atoms with Gasteiger partial charge in [-0.2, -0.15) is 0 Å². The Balaban J connectivity index is 1.75. The number of benzene rings is 4. The van der Waals surface area contributed by atoms with Gasteiger partial charge in [-0.25, -0.2) is 0 Å². The van der Waals surface area contributed by atoms with Gasteiger partial charge < -0.3 is 9.13 Å². The molecule has 0 saturated heterocycles. The predicted octanol–water partition coefficient (Wildman–Crippen LogP) is 8.13. The summed E-state index contributed by atoms with van der Waals surface area (Å²) in [6, 6.07) is 30.9. The van der Waals surface area contributed by atoms with Crippen LogP contribution in [0.25, 0.3) is 44.1 Å². The molecule has 6 aromatic rings. The van der Waals surface area contributed by atoms with Crippen molar-refractivity contribution in [2.75, 3.05) is 0 Å². The van der Waals surface area contributed by atoms with Gasteiger partial charge in [0.05, 0.1) is 16.6 Å². The van der Waals surface area contributed by atoms with Crippen LogP contribution in [0.5, 0.6) is 0 Å². The smallest absolute Gasteiger partial charge is 0.0635 e. The molecule has 32 heavy (non-hydrogen) atoms. The molecule has 0 radical (unpaired) electrons. The van der Waals surface area contributed by atoms with Crippen molar-refractivity contribution in [2.24, 2.45) is 0 Å². The molecule has 154 valence electrons. The van der Waals surface area contributed by atoms with E-state index < -0.39 is 0 Å². The Kier molecular flexibility index (Phi) is 3.51. The lowest BCUT2D eigenvalue weighted by Crippen LogP contribution is -2.26. The molecule has 0 N–H and O–H groups in total. The molecule has 1 aliphatic rings. The van der Waals surface area contributed by atoms with Crippen LogP contribution in [0.4, 0.5) is 0 Å². The number of aromatic nitrogens is 2. The Morgan fingerprint density at radius 2 is 1.47 bits per heavy atom. The summed E-state index contributed by atoms with van der Waals surface area (Å²) in [5.74, 6) is 0. The third-order valence-electron chi connectivity index (χ3n) is 7.18. The number of hydrogen-bond donors (Lipinski definition) is 0. The number of rotatable bonds is 1. The molecule has 0 amide bonds. The highest BCUT2D eigenvalue weighted by molar-refractivity contribution is 9.10. The first kappa shape index (κ1) is 18.3. The van der Waals surface area contributed by atoms with E-state index in [1.165, 1.54) is 55.2 Å². The standard InChI is InChI=1S/C29H21BrN2/c1-29(2)23-10-6-7-11-26(23)31-15-14-20-27-22(17-24(29)28(20)31)21-16-18(30)12-13-25(21)32(27)19-8-4-3-5-9-19/h3-17H,1-2H3. The van der Waals surface area contributed by atoms with E-state index in [1.54, 1.807) is 0 Å². The minimum Gasteiger partial charge on any atom is -0.316 e. The van der Waals surface area contributed by atoms with Crippen molar-refractivity contribution in [1.82, 2.24) is 9.13 Å².